The van der Waals surface area contributed by atoms with Crippen LogP contribution >= 0.6 is 11.6 Å². The standard InChI is InChI=1S/C23H24ClF3N2O5/c24-14-2-1-13(9-15(14)25)33-8-3-20(32)28-23-6-4-22(5-7-23,12-19(23)31)11-17(30)18-10-16(21(26)27)29-34-18/h1-2,9-10,19,21,31H,3-8,11-12H2,(H,28,32)/t19-,22?,23?/m0/s1. The number of rotatable bonds is 9. The molecule has 2 bridgehead atoms. The number of alkyl halides is 2. The number of carbonyl (C=O) groups excluding carboxylic acids is 2. The lowest BCUT2D eigenvalue weighted by molar-refractivity contribution is -0.133. The molecule has 0 aliphatic heterocycles. The Morgan fingerprint density at radius 2 is 2.00 bits per heavy atom. The zero-order chi connectivity index (χ0) is 24.5. The van der Waals surface area contributed by atoms with Gasteiger partial charge in [-0.3, -0.25) is 9.59 Å². The third-order valence-corrected chi connectivity index (χ3v) is 7.21. The SMILES string of the molecule is O=C(CCOc1ccc(Cl)c(F)c1)NC12CCC(CC(=O)c3cc(C(F)F)no3)(CC1)C[C@@H]2O. The number of ketones is 1. The molecule has 184 valence electrons. The number of nitrogens with zero attached hydrogens (tertiary/aromatic N) is 1. The molecule has 2 aromatic rings. The molecule has 0 unspecified atom stereocenters. The molecule has 1 aromatic carbocycles. The second kappa shape index (κ2) is 9.58. The van der Waals surface area contributed by atoms with Crippen molar-refractivity contribution in [2.45, 2.75) is 63.0 Å². The number of carbonyl (C=O) groups is 2. The van der Waals surface area contributed by atoms with E-state index in [0.29, 0.717) is 32.1 Å². The van der Waals surface area contributed by atoms with E-state index in [0.717, 1.165) is 12.1 Å². The van der Waals surface area contributed by atoms with Crippen molar-refractivity contribution in [1.82, 2.24) is 10.5 Å². The molecule has 2 N–H and O–H groups in total. The predicted octanol–water partition coefficient (Wildman–Crippen LogP) is 4.63. The van der Waals surface area contributed by atoms with Crippen LogP contribution in [0.2, 0.25) is 5.02 Å². The van der Waals surface area contributed by atoms with E-state index < -0.39 is 40.8 Å². The number of ether oxygens (including phenoxy) is 1. The first-order valence-electron chi connectivity index (χ1n) is 11.0. The fraction of sp³-hybridized carbons (Fsp3) is 0.522. The Bertz CT molecular complexity index is 1070. The van der Waals surface area contributed by atoms with Crippen LogP contribution in [-0.4, -0.2) is 40.2 Å². The van der Waals surface area contributed by atoms with Crippen LogP contribution in [-0.2, 0) is 4.79 Å². The van der Waals surface area contributed by atoms with Gasteiger partial charge in [-0.15, -0.1) is 0 Å². The van der Waals surface area contributed by atoms with Crippen molar-refractivity contribution in [3.8, 4) is 5.75 Å². The summed E-state index contributed by atoms with van der Waals surface area (Å²) in [5.74, 6) is -1.31. The van der Waals surface area contributed by atoms with Crippen molar-refractivity contribution in [1.29, 1.82) is 0 Å². The van der Waals surface area contributed by atoms with Crippen LogP contribution in [0.3, 0.4) is 0 Å². The van der Waals surface area contributed by atoms with E-state index in [1.165, 1.54) is 12.1 Å². The van der Waals surface area contributed by atoms with Gasteiger partial charge in [0.25, 0.3) is 6.43 Å². The van der Waals surface area contributed by atoms with Crippen LogP contribution < -0.4 is 10.1 Å². The molecule has 0 radical (unpaired) electrons. The number of aliphatic hydroxyl groups excluding tert-OH is 1. The van der Waals surface area contributed by atoms with Gasteiger partial charge in [-0.2, -0.15) is 0 Å². The highest BCUT2D eigenvalue weighted by Gasteiger charge is 2.55. The maximum absolute atomic E-state index is 13.5. The number of aliphatic hydroxyl groups is 1. The highest BCUT2D eigenvalue weighted by atomic mass is 35.5. The zero-order valence-corrected chi connectivity index (χ0v) is 18.9. The molecule has 1 heterocycles. The van der Waals surface area contributed by atoms with E-state index >= 15 is 0 Å². The summed E-state index contributed by atoms with van der Waals surface area (Å²) in [6.45, 7) is 0.0231. The summed E-state index contributed by atoms with van der Waals surface area (Å²) in [5, 5.41) is 17.0. The number of benzene rings is 1. The van der Waals surface area contributed by atoms with Crippen LogP contribution in [0.15, 0.2) is 28.8 Å². The van der Waals surface area contributed by atoms with Gasteiger partial charge < -0.3 is 19.7 Å². The number of halogens is 4. The van der Waals surface area contributed by atoms with Crippen LogP contribution in [0, 0.1) is 11.2 Å². The van der Waals surface area contributed by atoms with Crippen LogP contribution in [0.4, 0.5) is 13.2 Å². The fourth-order valence-corrected chi connectivity index (χ4v) is 5.06. The van der Waals surface area contributed by atoms with Gasteiger partial charge in [0.1, 0.15) is 11.6 Å². The number of aromatic nitrogens is 1. The minimum atomic E-state index is -2.82. The summed E-state index contributed by atoms with van der Waals surface area (Å²) >= 11 is 5.63. The first kappa shape index (κ1) is 24.5. The lowest BCUT2D eigenvalue weighted by Crippen LogP contribution is -2.64. The van der Waals surface area contributed by atoms with E-state index in [1.807, 2.05) is 0 Å². The highest BCUT2D eigenvalue weighted by Crippen LogP contribution is 2.54. The number of fused-ring (bicyclic) bond motifs is 3. The first-order chi connectivity index (χ1) is 16.1. The maximum atomic E-state index is 13.5. The molecule has 1 amide bonds. The van der Waals surface area contributed by atoms with Crippen molar-refractivity contribution >= 4 is 23.3 Å². The number of hydrogen-bond donors (Lipinski definition) is 2. The van der Waals surface area contributed by atoms with Crippen molar-refractivity contribution < 1.29 is 37.1 Å². The molecule has 3 aliphatic carbocycles. The van der Waals surface area contributed by atoms with Crippen LogP contribution in [0.5, 0.6) is 5.75 Å². The second-order valence-electron chi connectivity index (χ2n) is 9.12. The van der Waals surface area contributed by atoms with Gasteiger partial charge in [-0.25, -0.2) is 13.2 Å². The van der Waals surface area contributed by atoms with E-state index in [4.69, 9.17) is 20.9 Å². The Morgan fingerprint density at radius 3 is 2.62 bits per heavy atom. The largest absolute Gasteiger partial charge is 0.493 e. The molecule has 0 saturated heterocycles. The summed E-state index contributed by atoms with van der Waals surface area (Å²) in [6.07, 6.45) is -1.17. The third kappa shape index (κ3) is 5.07. The molecule has 5 rings (SSSR count). The van der Waals surface area contributed by atoms with Gasteiger partial charge in [0, 0.05) is 18.6 Å². The quantitative estimate of drug-likeness (QED) is 0.487. The van der Waals surface area contributed by atoms with Crippen LogP contribution in [0.1, 0.15) is 67.6 Å². The topological polar surface area (TPSA) is 102 Å². The second-order valence-corrected chi connectivity index (χ2v) is 9.52. The molecule has 3 fully saturated rings. The summed E-state index contributed by atoms with van der Waals surface area (Å²) in [4.78, 5) is 25.1. The normalized spacial score (nSPS) is 26.0. The van der Waals surface area contributed by atoms with Gasteiger partial charge in [-0.1, -0.05) is 16.8 Å². The van der Waals surface area contributed by atoms with E-state index in [-0.39, 0.29) is 41.9 Å². The highest BCUT2D eigenvalue weighted by molar-refractivity contribution is 6.30. The van der Waals surface area contributed by atoms with Gasteiger partial charge in [0.05, 0.1) is 29.7 Å². The molecule has 0 spiro atoms. The van der Waals surface area contributed by atoms with Crippen molar-refractivity contribution in [3.63, 3.8) is 0 Å². The Balaban J connectivity index is 1.29. The summed E-state index contributed by atoms with van der Waals surface area (Å²) in [5.41, 5.74) is -1.86. The molecule has 3 saturated carbocycles. The Morgan fingerprint density at radius 1 is 1.26 bits per heavy atom. The minimum absolute atomic E-state index is 0.0142. The summed E-state index contributed by atoms with van der Waals surface area (Å²) in [6, 6.07) is 4.96. The molecule has 11 heteroatoms. The predicted molar refractivity (Wildman–Crippen MR) is 114 cm³/mol. The lowest BCUT2D eigenvalue weighted by Gasteiger charge is -2.56. The third-order valence-electron chi connectivity index (χ3n) is 6.91. The van der Waals surface area contributed by atoms with Crippen molar-refractivity contribution in [3.05, 3.63) is 46.6 Å². The van der Waals surface area contributed by atoms with E-state index in [9.17, 15) is 27.9 Å². The van der Waals surface area contributed by atoms with Gasteiger partial charge in [0.2, 0.25) is 17.5 Å². The Hall–Kier alpha value is -2.59. The number of nitrogens with one attached hydrogen (secondary N) is 1. The summed E-state index contributed by atoms with van der Waals surface area (Å²) < 4.78 is 49.1. The van der Waals surface area contributed by atoms with Gasteiger partial charge in [0.15, 0.2) is 5.69 Å². The number of Topliss-reactive ketones (excluding diaryl/α,β-unsaturated/α-hetero) is 1. The molecule has 1 aromatic heterocycles. The number of amides is 1. The van der Waals surface area contributed by atoms with E-state index in [2.05, 4.69) is 10.5 Å². The average Bonchev–Trinajstić information content (AvgIpc) is 3.28. The Kier molecular flexibility index (Phi) is 6.91. The number of hydrogen-bond acceptors (Lipinski definition) is 6. The van der Waals surface area contributed by atoms with Crippen LogP contribution in [0.25, 0.3) is 0 Å². The summed E-state index contributed by atoms with van der Waals surface area (Å²) in [7, 11) is 0. The smallest absolute Gasteiger partial charge is 0.283 e. The monoisotopic (exact) mass is 500 g/mol. The fourth-order valence-electron chi connectivity index (χ4n) is 4.95. The van der Waals surface area contributed by atoms with Gasteiger partial charge >= 0.3 is 0 Å². The lowest BCUT2D eigenvalue weighted by atomic mass is 9.54. The van der Waals surface area contributed by atoms with Gasteiger partial charge in [-0.05, 0) is 49.7 Å². The first-order valence-corrected chi connectivity index (χ1v) is 11.3. The minimum Gasteiger partial charge on any atom is -0.493 e. The van der Waals surface area contributed by atoms with Crippen molar-refractivity contribution in [2.24, 2.45) is 5.41 Å². The molecule has 1 atom stereocenters. The average molecular weight is 501 g/mol. The molecular formula is C23H24ClF3N2O5. The molecule has 34 heavy (non-hydrogen) atoms. The maximum Gasteiger partial charge on any atom is 0.283 e. The molecule has 7 nitrogen and oxygen atoms in total. The molecular weight excluding hydrogens is 477 g/mol. The molecule has 3 aliphatic rings. The van der Waals surface area contributed by atoms with Crippen molar-refractivity contribution in [2.75, 3.05) is 6.61 Å². The zero-order valence-electron chi connectivity index (χ0n) is 18.2. The van der Waals surface area contributed by atoms with E-state index in [1.54, 1.807) is 0 Å². The Labute approximate surface area is 198 Å².